The van der Waals surface area contributed by atoms with Crippen LogP contribution in [-0.2, 0) is 4.74 Å². The van der Waals surface area contributed by atoms with Crippen LogP contribution >= 0.6 is 0 Å². The molecule has 4 nitrogen and oxygen atoms in total. The van der Waals surface area contributed by atoms with E-state index in [-0.39, 0.29) is 24.1 Å². The molecule has 2 bridgehead atoms. The van der Waals surface area contributed by atoms with Crippen molar-refractivity contribution in [1.82, 2.24) is 4.90 Å². The number of ether oxygens (including phenoxy) is 1. The van der Waals surface area contributed by atoms with Crippen molar-refractivity contribution < 1.29 is 14.6 Å². The van der Waals surface area contributed by atoms with Crippen LogP contribution < -0.4 is 0 Å². The Morgan fingerprint density at radius 1 is 1.03 bits per heavy atom. The van der Waals surface area contributed by atoms with Crippen molar-refractivity contribution in [3.8, 4) is 11.1 Å². The number of aliphatic hydroxyl groups is 1. The smallest absolute Gasteiger partial charge is 0.410 e. The average Bonchev–Trinajstić information content (AvgIpc) is 3.05. The van der Waals surface area contributed by atoms with E-state index >= 15 is 0 Å². The molecule has 2 aromatic rings. The lowest BCUT2D eigenvalue weighted by Crippen LogP contribution is -2.60. The third-order valence-electron chi connectivity index (χ3n) is 7.35. The number of hydrogen-bond acceptors (Lipinski definition) is 3. The minimum Gasteiger partial charge on any atom is -0.448 e. The Hall–Kier alpha value is -2.33. The number of amides is 1. The van der Waals surface area contributed by atoms with Crippen molar-refractivity contribution in [2.75, 3.05) is 6.61 Å². The lowest BCUT2D eigenvalue weighted by atomic mass is 9.74. The minimum absolute atomic E-state index is 0.0861. The molecule has 1 N–H and O–H groups in total. The summed E-state index contributed by atoms with van der Waals surface area (Å²) in [5.41, 5.74) is 4.34. The summed E-state index contributed by atoms with van der Waals surface area (Å²) in [5.74, 6) is 0.0861. The topological polar surface area (TPSA) is 49.8 Å². The van der Waals surface area contributed by atoms with E-state index < -0.39 is 5.60 Å². The van der Waals surface area contributed by atoms with Gasteiger partial charge in [0.15, 0.2) is 0 Å². The van der Waals surface area contributed by atoms with Gasteiger partial charge >= 0.3 is 6.09 Å². The molecule has 2 unspecified atom stereocenters. The second kappa shape index (κ2) is 7.73. The molecule has 2 aromatic carbocycles. The molecular formula is C26H31NO3. The Kier molecular flexibility index (Phi) is 5.06. The Morgan fingerprint density at radius 3 is 2.17 bits per heavy atom. The van der Waals surface area contributed by atoms with Gasteiger partial charge in [-0.3, -0.25) is 0 Å². The van der Waals surface area contributed by atoms with Crippen LogP contribution in [-0.4, -0.2) is 40.4 Å². The van der Waals surface area contributed by atoms with Crippen LogP contribution in [0.5, 0.6) is 0 Å². The molecule has 2 saturated heterocycles. The second-order valence-electron chi connectivity index (χ2n) is 9.33. The Labute approximate surface area is 178 Å². The molecule has 1 amide bonds. The molecule has 3 aliphatic rings. The lowest BCUT2D eigenvalue weighted by molar-refractivity contribution is -0.0886. The average molecular weight is 406 g/mol. The number of hydrogen-bond donors (Lipinski definition) is 1. The Morgan fingerprint density at radius 2 is 1.60 bits per heavy atom. The van der Waals surface area contributed by atoms with Gasteiger partial charge in [-0.25, -0.2) is 4.79 Å². The quantitative estimate of drug-likeness (QED) is 0.732. The van der Waals surface area contributed by atoms with Crippen molar-refractivity contribution in [3.05, 3.63) is 59.7 Å². The van der Waals surface area contributed by atoms with Crippen LogP contribution in [0.25, 0.3) is 11.1 Å². The van der Waals surface area contributed by atoms with Crippen molar-refractivity contribution in [3.63, 3.8) is 0 Å². The standard InChI is InChI=1S/C26H31NO3/c1-2-14-26(29)15-18-8-7-9-19(16-26)27(18)25(28)30-17-24-22-12-5-3-10-20(22)21-11-4-6-13-23(21)24/h3-6,10-13,18-19,24,29H,2,7-9,14-17H2,1H3. The van der Waals surface area contributed by atoms with Crippen molar-refractivity contribution in [2.24, 2.45) is 0 Å². The summed E-state index contributed by atoms with van der Waals surface area (Å²) in [7, 11) is 0. The van der Waals surface area contributed by atoms with Gasteiger partial charge in [-0.1, -0.05) is 61.9 Å². The maximum atomic E-state index is 13.2. The summed E-state index contributed by atoms with van der Waals surface area (Å²) in [6, 6.07) is 17.1. The van der Waals surface area contributed by atoms with Gasteiger partial charge in [0.25, 0.3) is 0 Å². The maximum Gasteiger partial charge on any atom is 0.410 e. The summed E-state index contributed by atoms with van der Waals surface area (Å²) < 4.78 is 5.95. The zero-order valence-electron chi connectivity index (χ0n) is 17.7. The SMILES string of the molecule is CCCC1(O)CC2CCCC(C1)N2C(=O)OCC1c2ccccc2-c2ccccc21. The lowest BCUT2D eigenvalue weighted by Gasteiger charge is -2.51. The van der Waals surface area contributed by atoms with Gasteiger partial charge in [0, 0.05) is 18.0 Å². The molecule has 2 aliphatic heterocycles. The first-order valence-electron chi connectivity index (χ1n) is 11.5. The van der Waals surface area contributed by atoms with E-state index in [9.17, 15) is 9.90 Å². The van der Waals surface area contributed by atoms with Gasteiger partial charge in [0.2, 0.25) is 0 Å². The molecule has 5 rings (SSSR count). The fraction of sp³-hybridized carbons (Fsp3) is 0.500. The van der Waals surface area contributed by atoms with Gasteiger partial charge < -0.3 is 14.7 Å². The molecule has 158 valence electrons. The number of fused-ring (bicyclic) bond motifs is 5. The van der Waals surface area contributed by atoms with Crippen molar-refractivity contribution in [1.29, 1.82) is 0 Å². The number of rotatable bonds is 4. The summed E-state index contributed by atoms with van der Waals surface area (Å²) in [4.78, 5) is 15.1. The molecule has 2 fully saturated rings. The van der Waals surface area contributed by atoms with E-state index in [1.807, 2.05) is 4.90 Å². The third kappa shape index (κ3) is 3.31. The van der Waals surface area contributed by atoms with Crippen LogP contribution in [0.3, 0.4) is 0 Å². The van der Waals surface area contributed by atoms with E-state index in [2.05, 4.69) is 55.5 Å². The molecule has 1 aliphatic carbocycles. The summed E-state index contributed by atoms with van der Waals surface area (Å²) in [5, 5.41) is 11.0. The molecule has 2 heterocycles. The first kappa shape index (κ1) is 19.6. The van der Waals surface area contributed by atoms with E-state index in [4.69, 9.17) is 4.74 Å². The predicted octanol–water partition coefficient (Wildman–Crippen LogP) is 5.48. The highest BCUT2D eigenvalue weighted by molar-refractivity contribution is 5.79. The zero-order valence-corrected chi connectivity index (χ0v) is 17.7. The fourth-order valence-electron chi connectivity index (χ4n) is 6.16. The largest absolute Gasteiger partial charge is 0.448 e. The second-order valence-corrected chi connectivity index (χ2v) is 9.33. The van der Waals surface area contributed by atoms with E-state index in [1.165, 1.54) is 22.3 Å². The summed E-state index contributed by atoms with van der Waals surface area (Å²) >= 11 is 0. The molecule has 0 spiro atoms. The highest BCUT2D eigenvalue weighted by Crippen LogP contribution is 2.45. The van der Waals surface area contributed by atoms with Crippen LogP contribution in [0.2, 0.25) is 0 Å². The summed E-state index contributed by atoms with van der Waals surface area (Å²) in [6.07, 6.45) is 6.01. The van der Waals surface area contributed by atoms with E-state index in [0.29, 0.717) is 19.4 Å². The zero-order chi connectivity index (χ0) is 20.7. The first-order valence-corrected chi connectivity index (χ1v) is 11.5. The van der Waals surface area contributed by atoms with Crippen LogP contribution in [0.4, 0.5) is 4.79 Å². The van der Waals surface area contributed by atoms with Crippen LogP contribution in [0.1, 0.15) is 68.9 Å². The fourth-order valence-corrected chi connectivity index (χ4v) is 6.16. The van der Waals surface area contributed by atoms with Crippen molar-refractivity contribution in [2.45, 2.75) is 75.5 Å². The van der Waals surface area contributed by atoms with Crippen LogP contribution in [0.15, 0.2) is 48.5 Å². The molecule has 0 aromatic heterocycles. The monoisotopic (exact) mass is 405 g/mol. The summed E-state index contributed by atoms with van der Waals surface area (Å²) in [6.45, 7) is 2.48. The highest BCUT2D eigenvalue weighted by atomic mass is 16.6. The third-order valence-corrected chi connectivity index (χ3v) is 7.35. The maximum absolute atomic E-state index is 13.2. The van der Waals surface area contributed by atoms with Gasteiger partial charge in [0.05, 0.1) is 5.60 Å². The normalized spacial score (nSPS) is 27.5. The first-order chi connectivity index (χ1) is 14.6. The molecular weight excluding hydrogens is 374 g/mol. The number of nitrogens with zero attached hydrogens (tertiary/aromatic N) is 1. The van der Waals surface area contributed by atoms with Crippen molar-refractivity contribution >= 4 is 6.09 Å². The van der Waals surface area contributed by atoms with E-state index in [0.717, 1.165) is 32.1 Å². The molecule has 0 saturated carbocycles. The van der Waals surface area contributed by atoms with Gasteiger partial charge in [0.1, 0.15) is 6.61 Å². The predicted molar refractivity (Wildman–Crippen MR) is 117 cm³/mol. The van der Waals surface area contributed by atoms with Gasteiger partial charge in [-0.15, -0.1) is 0 Å². The molecule has 4 heteroatoms. The number of benzene rings is 2. The molecule has 30 heavy (non-hydrogen) atoms. The molecule has 2 atom stereocenters. The van der Waals surface area contributed by atoms with E-state index in [1.54, 1.807) is 0 Å². The van der Waals surface area contributed by atoms with Gasteiger partial charge in [-0.05, 0) is 60.8 Å². The molecule has 0 radical (unpaired) electrons. The van der Waals surface area contributed by atoms with Crippen LogP contribution in [0, 0.1) is 0 Å². The number of carbonyl (C=O) groups excluding carboxylic acids is 1. The Balaban J connectivity index is 1.32. The van der Waals surface area contributed by atoms with Gasteiger partial charge in [-0.2, -0.15) is 0 Å². The highest BCUT2D eigenvalue weighted by Gasteiger charge is 2.47. The minimum atomic E-state index is -0.620. The Bertz CT molecular complexity index is 880. The number of piperidine rings is 2. The number of carbonyl (C=O) groups is 1.